The second kappa shape index (κ2) is 5.13. The second-order valence-electron chi connectivity index (χ2n) is 5.12. The molecule has 0 aliphatic heterocycles. The van der Waals surface area contributed by atoms with Crippen molar-refractivity contribution in [3.63, 3.8) is 0 Å². The molecule has 0 spiro atoms. The Hall–Kier alpha value is -0.960. The zero-order valence-electron chi connectivity index (χ0n) is 10.5. The van der Waals surface area contributed by atoms with Gasteiger partial charge in [-0.3, -0.25) is 0 Å². The lowest BCUT2D eigenvalue weighted by Crippen LogP contribution is -2.36. The number of hydrogen-bond acceptors (Lipinski definition) is 3. The summed E-state index contributed by atoms with van der Waals surface area (Å²) in [5.41, 5.74) is 6.48. The first-order valence-corrected chi connectivity index (χ1v) is 6.60. The molecule has 4 heteroatoms. The number of halogens is 1. The fourth-order valence-corrected chi connectivity index (χ4v) is 2.84. The van der Waals surface area contributed by atoms with Crippen molar-refractivity contribution in [3.8, 4) is 0 Å². The standard InChI is InChI=1S/C13H20ClN3/c1-9-4-3-5-11(6-9)17(2)13-8-10(15)7-12(14)16-13/h7-9,11H,3-6H2,1-2H3,(H2,15,16). The summed E-state index contributed by atoms with van der Waals surface area (Å²) in [6.45, 7) is 2.32. The molecule has 0 aromatic carbocycles. The maximum Gasteiger partial charge on any atom is 0.133 e. The minimum atomic E-state index is 0.468. The highest BCUT2D eigenvalue weighted by atomic mass is 35.5. The molecular formula is C13H20ClN3. The Morgan fingerprint density at radius 2 is 2.18 bits per heavy atom. The first kappa shape index (κ1) is 12.5. The maximum absolute atomic E-state index is 5.94. The predicted molar refractivity (Wildman–Crippen MR) is 73.5 cm³/mol. The Bertz CT molecular complexity index is 374. The van der Waals surface area contributed by atoms with Crippen LogP contribution in [-0.4, -0.2) is 18.1 Å². The van der Waals surface area contributed by atoms with Crippen LogP contribution in [0.15, 0.2) is 12.1 Å². The summed E-state index contributed by atoms with van der Waals surface area (Å²) in [7, 11) is 2.08. The first-order valence-electron chi connectivity index (χ1n) is 6.22. The van der Waals surface area contributed by atoms with E-state index in [9.17, 15) is 0 Å². The van der Waals surface area contributed by atoms with Gasteiger partial charge in [-0.15, -0.1) is 0 Å². The fourth-order valence-electron chi connectivity index (χ4n) is 2.62. The summed E-state index contributed by atoms with van der Waals surface area (Å²) in [4.78, 5) is 6.57. The molecule has 0 bridgehead atoms. The van der Waals surface area contributed by atoms with Crippen LogP contribution in [0.1, 0.15) is 32.6 Å². The Kier molecular flexibility index (Phi) is 3.77. The van der Waals surface area contributed by atoms with Crippen molar-refractivity contribution in [3.05, 3.63) is 17.3 Å². The minimum absolute atomic E-state index is 0.468. The highest BCUT2D eigenvalue weighted by molar-refractivity contribution is 6.29. The number of pyridine rings is 1. The van der Waals surface area contributed by atoms with E-state index < -0.39 is 0 Å². The molecule has 0 radical (unpaired) electrons. The van der Waals surface area contributed by atoms with Crippen LogP contribution in [-0.2, 0) is 0 Å². The van der Waals surface area contributed by atoms with Gasteiger partial charge in [0.25, 0.3) is 0 Å². The molecule has 94 valence electrons. The average Bonchev–Trinajstić information content (AvgIpc) is 2.26. The number of nitrogen functional groups attached to an aromatic ring is 1. The Balaban J connectivity index is 2.15. The van der Waals surface area contributed by atoms with Crippen LogP contribution in [0.4, 0.5) is 11.5 Å². The highest BCUT2D eigenvalue weighted by Gasteiger charge is 2.23. The smallest absolute Gasteiger partial charge is 0.133 e. The van der Waals surface area contributed by atoms with Crippen molar-refractivity contribution in [2.24, 2.45) is 5.92 Å². The van der Waals surface area contributed by atoms with Gasteiger partial charge in [0.1, 0.15) is 11.0 Å². The van der Waals surface area contributed by atoms with Crippen molar-refractivity contribution >= 4 is 23.1 Å². The number of aromatic nitrogens is 1. The van der Waals surface area contributed by atoms with Crippen molar-refractivity contribution in [2.75, 3.05) is 17.7 Å². The Morgan fingerprint density at radius 3 is 2.82 bits per heavy atom. The molecule has 1 aromatic heterocycles. The molecule has 1 heterocycles. The molecule has 2 rings (SSSR count). The molecule has 1 aromatic rings. The van der Waals surface area contributed by atoms with Crippen molar-refractivity contribution < 1.29 is 0 Å². The van der Waals surface area contributed by atoms with Gasteiger partial charge in [0.05, 0.1) is 0 Å². The number of anilines is 2. The molecular weight excluding hydrogens is 234 g/mol. The van der Waals surface area contributed by atoms with Crippen LogP contribution in [0.3, 0.4) is 0 Å². The van der Waals surface area contributed by atoms with E-state index in [2.05, 4.69) is 23.9 Å². The Morgan fingerprint density at radius 1 is 1.41 bits per heavy atom. The van der Waals surface area contributed by atoms with Gasteiger partial charge in [-0.25, -0.2) is 4.98 Å². The van der Waals surface area contributed by atoms with E-state index in [4.69, 9.17) is 17.3 Å². The molecule has 17 heavy (non-hydrogen) atoms. The van der Waals surface area contributed by atoms with Crippen molar-refractivity contribution in [2.45, 2.75) is 38.6 Å². The third kappa shape index (κ3) is 3.03. The second-order valence-corrected chi connectivity index (χ2v) is 5.51. The van der Waals surface area contributed by atoms with Gasteiger partial charge in [-0.1, -0.05) is 31.4 Å². The molecule has 1 saturated carbocycles. The predicted octanol–water partition coefficient (Wildman–Crippen LogP) is 3.33. The van der Waals surface area contributed by atoms with E-state index in [0.717, 1.165) is 11.7 Å². The van der Waals surface area contributed by atoms with E-state index in [1.54, 1.807) is 6.07 Å². The third-order valence-corrected chi connectivity index (χ3v) is 3.81. The molecule has 1 aliphatic rings. The summed E-state index contributed by atoms with van der Waals surface area (Å²) >= 11 is 5.94. The van der Waals surface area contributed by atoms with Gasteiger partial charge >= 0.3 is 0 Å². The van der Waals surface area contributed by atoms with Crippen LogP contribution in [0.25, 0.3) is 0 Å². The molecule has 0 saturated heterocycles. The van der Waals surface area contributed by atoms with Crippen LogP contribution < -0.4 is 10.6 Å². The van der Waals surface area contributed by atoms with Gasteiger partial charge in [-0.2, -0.15) is 0 Å². The Labute approximate surface area is 108 Å². The maximum atomic E-state index is 5.94. The van der Waals surface area contributed by atoms with Gasteiger partial charge in [0.2, 0.25) is 0 Å². The van der Waals surface area contributed by atoms with Crippen molar-refractivity contribution in [1.29, 1.82) is 0 Å². The molecule has 3 nitrogen and oxygen atoms in total. The number of hydrogen-bond donors (Lipinski definition) is 1. The number of nitrogens with zero attached hydrogens (tertiary/aromatic N) is 2. The van der Waals surface area contributed by atoms with Gasteiger partial charge < -0.3 is 10.6 Å². The third-order valence-electron chi connectivity index (χ3n) is 3.62. The lowest BCUT2D eigenvalue weighted by atomic mass is 9.86. The van der Waals surface area contributed by atoms with Crippen LogP contribution in [0.2, 0.25) is 5.15 Å². The normalized spacial score (nSPS) is 24.6. The zero-order chi connectivity index (χ0) is 12.4. The van der Waals surface area contributed by atoms with Gasteiger partial charge in [0, 0.05) is 24.8 Å². The fraction of sp³-hybridized carbons (Fsp3) is 0.615. The van der Waals surface area contributed by atoms with Crippen molar-refractivity contribution in [1.82, 2.24) is 4.98 Å². The van der Waals surface area contributed by atoms with Gasteiger partial charge in [-0.05, 0) is 24.8 Å². The van der Waals surface area contributed by atoms with E-state index in [1.165, 1.54) is 25.7 Å². The first-order chi connectivity index (χ1) is 8.06. The largest absolute Gasteiger partial charge is 0.399 e. The van der Waals surface area contributed by atoms with Crippen LogP contribution in [0, 0.1) is 5.92 Å². The monoisotopic (exact) mass is 253 g/mol. The lowest BCUT2D eigenvalue weighted by molar-refractivity contribution is 0.335. The minimum Gasteiger partial charge on any atom is -0.399 e. The average molecular weight is 254 g/mol. The molecule has 2 N–H and O–H groups in total. The summed E-state index contributed by atoms with van der Waals surface area (Å²) in [5, 5.41) is 0.468. The molecule has 0 amide bonds. The highest BCUT2D eigenvalue weighted by Crippen LogP contribution is 2.30. The van der Waals surface area contributed by atoms with E-state index in [1.807, 2.05) is 6.07 Å². The van der Waals surface area contributed by atoms with E-state index >= 15 is 0 Å². The molecule has 2 atom stereocenters. The van der Waals surface area contributed by atoms with E-state index in [0.29, 0.717) is 16.9 Å². The topological polar surface area (TPSA) is 42.1 Å². The van der Waals surface area contributed by atoms with Gasteiger partial charge in [0.15, 0.2) is 0 Å². The SMILES string of the molecule is CC1CCCC(N(C)c2cc(N)cc(Cl)n2)C1. The quantitative estimate of drug-likeness (QED) is 0.822. The summed E-state index contributed by atoms with van der Waals surface area (Å²) in [6, 6.07) is 4.14. The summed E-state index contributed by atoms with van der Waals surface area (Å²) < 4.78 is 0. The molecule has 1 aliphatic carbocycles. The van der Waals surface area contributed by atoms with Crippen LogP contribution in [0.5, 0.6) is 0 Å². The lowest BCUT2D eigenvalue weighted by Gasteiger charge is -2.35. The van der Waals surface area contributed by atoms with E-state index in [-0.39, 0.29) is 0 Å². The number of nitrogens with two attached hydrogens (primary N) is 1. The summed E-state index contributed by atoms with van der Waals surface area (Å²) in [6.07, 6.45) is 5.10. The van der Waals surface area contributed by atoms with Crippen LogP contribution >= 0.6 is 11.6 Å². The molecule has 2 unspecified atom stereocenters. The molecule has 1 fully saturated rings. The summed E-state index contributed by atoms with van der Waals surface area (Å²) in [5.74, 6) is 1.68. The number of rotatable bonds is 2. The zero-order valence-corrected chi connectivity index (χ0v) is 11.2.